The Morgan fingerprint density at radius 2 is 1.96 bits per heavy atom. The Morgan fingerprint density at radius 3 is 2.65 bits per heavy atom. The van der Waals surface area contributed by atoms with Crippen LogP contribution in [0.15, 0.2) is 15.7 Å². The number of aromatic nitrogens is 3. The molecule has 1 saturated heterocycles. The Labute approximate surface area is 150 Å². The highest BCUT2D eigenvalue weighted by Gasteiger charge is 2.27. The lowest BCUT2D eigenvalue weighted by atomic mass is 10.0. The first-order valence-electron chi connectivity index (χ1n) is 9.18. The van der Waals surface area contributed by atoms with E-state index in [9.17, 15) is 14.4 Å². The second-order valence-corrected chi connectivity index (χ2v) is 7.37. The van der Waals surface area contributed by atoms with Crippen molar-refractivity contribution in [1.82, 2.24) is 25.2 Å². The first kappa shape index (κ1) is 17.0. The summed E-state index contributed by atoms with van der Waals surface area (Å²) >= 11 is 0. The predicted octanol–water partition coefficient (Wildman–Crippen LogP) is 0.524. The number of amides is 1. The van der Waals surface area contributed by atoms with Gasteiger partial charge in [0.1, 0.15) is 11.3 Å². The number of aryl methyl sites for hydroxylation is 1. The van der Waals surface area contributed by atoms with E-state index in [-0.39, 0.29) is 17.2 Å². The molecule has 8 heteroatoms. The smallest absolute Gasteiger partial charge is 0.327 e. The van der Waals surface area contributed by atoms with Crippen LogP contribution in [-0.4, -0.2) is 51.4 Å². The van der Waals surface area contributed by atoms with Gasteiger partial charge >= 0.3 is 5.69 Å². The third kappa shape index (κ3) is 3.41. The molecule has 1 aliphatic carbocycles. The van der Waals surface area contributed by atoms with Crippen molar-refractivity contribution in [2.45, 2.75) is 38.6 Å². The molecular formula is C18H23N5O3. The Hall–Kier alpha value is -2.48. The van der Waals surface area contributed by atoms with Crippen LogP contribution in [0.3, 0.4) is 0 Å². The van der Waals surface area contributed by atoms with Gasteiger partial charge in [-0.15, -0.1) is 0 Å². The molecule has 0 radical (unpaired) electrons. The number of aromatic amines is 2. The highest BCUT2D eigenvalue weighted by Crippen LogP contribution is 2.28. The average Bonchev–Trinajstić information content (AvgIpc) is 3.43. The summed E-state index contributed by atoms with van der Waals surface area (Å²) in [5, 5.41) is 3.91. The predicted molar refractivity (Wildman–Crippen MR) is 97.4 cm³/mol. The van der Waals surface area contributed by atoms with Crippen LogP contribution in [0.1, 0.15) is 41.7 Å². The lowest BCUT2D eigenvalue weighted by Crippen LogP contribution is -2.45. The monoisotopic (exact) mass is 357 g/mol. The summed E-state index contributed by atoms with van der Waals surface area (Å²) in [7, 11) is 0. The van der Waals surface area contributed by atoms with Gasteiger partial charge in [0.15, 0.2) is 0 Å². The van der Waals surface area contributed by atoms with Crippen molar-refractivity contribution in [3.63, 3.8) is 0 Å². The highest BCUT2D eigenvalue weighted by molar-refractivity contribution is 5.95. The minimum absolute atomic E-state index is 0.156. The summed E-state index contributed by atoms with van der Waals surface area (Å²) in [5.41, 5.74) is -0.0718. The third-order valence-electron chi connectivity index (χ3n) is 5.30. The van der Waals surface area contributed by atoms with E-state index in [1.165, 1.54) is 12.8 Å². The quantitative estimate of drug-likeness (QED) is 0.739. The fourth-order valence-corrected chi connectivity index (χ4v) is 3.57. The molecule has 0 atom stereocenters. The number of piperidine rings is 1. The molecule has 0 aromatic carbocycles. The number of carbonyl (C=O) groups excluding carboxylic acids is 1. The van der Waals surface area contributed by atoms with Crippen molar-refractivity contribution in [3.05, 3.63) is 38.2 Å². The first-order valence-corrected chi connectivity index (χ1v) is 9.18. The molecule has 1 amide bonds. The highest BCUT2D eigenvalue weighted by atomic mass is 16.2. The van der Waals surface area contributed by atoms with Crippen LogP contribution >= 0.6 is 0 Å². The van der Waals surface area contributed by atoms with Crippen LogP contribution in [0.5, 0.6) is 0 Å². The summed E-state index contributed by atoms with van der Waals surface area (Å²) < 4.78 is 0. The van der Waals surface area contributed by atoms with Gasteiger partial charge in [-0.25, -0.2) is 9.78 Å². The Morgan fingerprint density at radius 1 is 1.23 bits per heavy atom. The summed E-state index contributed by atoms with van der Waals surface area (Å²) in [5.74, 6) is 0.696. The number of hydrogen-bond acceptors (Lipinski definition) is 5. The van der Waals surface area contributed by atoms with Crippen molar-refractivity contribution in [2.24, 2.45) is 5.92 Å². The van der Waals surface area contributed by atoms with E-state index in [0.717, 1.165) is 25.3 Å². The van der Waals surface area contributed by atoms with Crippen LogP contribution in [0.25, 0.3) is 11.0 Å². The third-order valence-corrected chi connectivity index (χ3v) is 5.30. The summed E-state index contributed by atoms with van der Waals surface area (Å²) in [6, 6.07) is 2.09. The molecule has 3 heterocycles. The molecule has 2 aromatic heterocycles. The normalized spacial score (nSPS) is 18.4. The summed E-state index contributed by atoms with van der Waals surface area (Å²) in [6.07, 6.45) is 4.54. The lowest BCUT2D eigenvalue weighted by Gasteiger charge is -2.32. The van der Waals surface area contributed by atoms with E-state index >= 15 is 0 Å². The van der Waals surface area contributed by atoms with Gasteiger partial charge in [0, 0.05) is 19.1 Å². The van der Waals surface area contributed by atoms with Crippen molar-refractivity contribution < 1.29 is 4.79 Å². The number of nitrogens with one attached hydrogen (secondary N) is 3. The molecule has 1 aliphatic heterocycles. The van der Waals surface area contributed by atoms with Crippen molar-refractivity contribution >= 4 is 16.9 Å². The van der Waals surface area contributed by atoms with Gasteiger partial charge in [0.25, 0.3) is 11.5 Å². The lowest BCUT2D eigenvalue weighted by molar-refractivity contribution is 0.0699. The van der Waals surface area contributed by atoms with Crippen molar-refractivity contribution in [3.8, 4) is 0 Å². The van der Waals surface area contributed by atoms with Crippen molar-refractivity contribution in [2.75, 3.05) is 19.6 Å². The first-order chi connectivity index (χ1) is 12.5. The molecular weight excluding hydrogens is 334 g/mol. The fraction of sp³-hybridized carbons (Fsp3) is 0.556. The number of hydrogen-bond donors (Lipinski definition) is 3. The molecule has 138 valence electrons. The minimum Gasteiger partial charge on any atom is -0.337 e. The van der Waals surface area contributed by atoms with Crippen LogP contribution < -0.4 is 16.6 Å². The standard InChI is InChI=1S/C18H23N5O3/c1-10-8-13(20-15-14(10)16(24)22-18(26)21-15)17(25)23-6-4-12(5-7-23)19-9-11-2-3-11/h8,11-12,19H,2-7,9H2,1H3,(H2,20,21,22,24,26). The molecule has 26 heavy (non-hydrogen) atoms. The number of fused-ring (bicyclic) bond motifs is 1. The second-order valence-electron chi connectivity index (χ2n) is 7.37. The van der Waals surface area contributed by atoms with Gasteiger partial charge in [0.2, 0.25) is 0 Å². The maximum absolute atomic E-state index is 12.8. The molecule has 3 N–H and O–H groups in total. The average molecular weight is 357 g/mol. The van der Waals surface area contributed by atoms with E-state index in [1.54, 1.807) is 17.9 Å². The molecule has 0 bridgehead atoms. The van der Waals surface area contributed by atoms with Gasteiger partial charge in [-0.05, 0) is 56.7 Å². The summed E-state index contributed by atoms with van der Waals surface area (Å²) in [6.45, 7) is 4.20. The topological polar surface area (TPSA) is 111 Å². The molecule has 8 nitrogen and oxygen atoms in total. The number of rotatable bonds is 4. The molecule has 2 aliphatic rings. The van der Waals surface area contributed by atoms with Crippen molar-refractivity contribution in [1.29, 1.82) is 0 Å². The fourth-order valence-electron chi connectivity index (χ4n) is 3.57. The number of carbonyl (C=O) groups is 1. The van der Waals surface area contributed by atoms with Crippen LogP contribution in [0.4, 0.5) is 0 Å². The molecule has 1 saturated carbocycles. The van der Waals surface area contributed by atoms with Crippen LogP contribution in [0.2, 0.25) is 0 Å². The molecule has 0 spiro atoms. The maximum atomic E-state index is 12.8. The minimum atomic E-state index is -0.624. The molecule has 4 rings (SSSR count). The molecule has 2 aromatic rings. The maximum Gasteiger partial charge on any atom is 0.327 e. The van der Waals surface area contributed by atoms with Gasteiger partial charge in [-0.2, -0.15) is 0 Å². The Kier molecular flexibility index (Phi) is 4.36. The largest absolute Gasteiger partial charge is 0.337 e. The SMILES string of the molecule is Cc1cc(C(=O)N2CCC(NCC3CC3)CC2)nc2[nH]c(=O)[nH]c(=O)c12. The molecule has 0 unspecified atom stereocenters. The Bertz CT molecular complexity index is 951. The van der Waals surface area contributed by atoms with E-state index in [1.807, 2.05) is 0 Å². The summed E-state index contributed by atoms with van der Waals surface area (Å²) in [4.78, 5) is 47.0. The molecule has 2 fully saturated rings. The van der Waals surface area contributed by atoms with E-state index < -0.39 is 11.2 Å². The van der Waals surface area contributed by atoms with Gasteiger partial charge in [-0.3, -0.25) is 19.6 Å². The number of likely N-dealkylation sites (tertiary alicyclic amines) is 1. The van der Waals surface area contributed by atoms with Crippen LogP contribution in [-0.2, 0) is 0 Å². The van der Waals surface area contributed by atoms with E-state index in [0.29, 0.717) is 30.1 Å². The van der Waals surface area contributed by atoms with Crippen LogP contribution in [0, 0.1) is 12.8 Å². The van der Waals surface area contributed by atoms with Gasteiger partial charge in [-0.1, -0.05) is 0 Å². The van der Waals surface area contributed by atoms with E-state index in [4.69, 9.17) is 0 Å². The number of H-pyrrole nitrogens is 2. The van der Waals surface area contributed by atoms with Gasteiger partial charge in [0.05, 0.1) is 5.39 Å². The second kappa shape index (κ2) is 6.68. The number of pyridine rings is 1. The van der Waals surface area contributed by atoms with Gasteiger partial charge < -0.3 is 10.2 Å². The Balaban J connectivity index is 1.49. The zero-order valence-corrected chi connectivity index (χ0v) is 14.8. The number of nitrogens with zero attached hydrogens (tertiary/aromatic N) is 2. The zero-order valence-electron chi connectivity index (χ0n) is 14.8. The zero-order chi connectivity index (χ0) is 18.3. The van der Waals surface area contributed by atoms with E-state index in [2.05, 4.69) is 20.3 Å².